The Kier molecular flexibility index (Phi) is 5.33. The maximum Gasteiger partial charge on any atom is 0.332 e. The Morgan fingerprint density at radius 1 is 1.21 bits per heavy atom. The first-order valence-corrected chi connectivity index (χ1v) is 10.0. The molecule has 0 fully saturated rings. The van der Waals surface area contributed by atoms with E-state index in [1.807, 2.05) is 20.8 Å². The maximum absolute atomic E-state index is 14.2. The lowest BCUT2D eigenvalue weighted by molar-refractivity contribution is -0.137. The van der Waals surface area contributed by atoms with Gasteiger partial charge in [-0.2, -0.15) is 0 Å². The Hall–Kier alpha value is -2.26. The van der Waals surface area contributed by atoms with Gasteiger partial charge in [-0.15, -0.1) is 11.3 Å². The van der Waals surface area contributed by atoms with Crippen LogP contribution < -0.4 is 11.2 Å². The fraction of sp³-hybridized carbons (Fsp3) is 0.316. The van der Waals surface area contributed by atoms with Crippen molar-refractivity contribution < 1.29 is 14.3 Å². The Morgan fingerprint density at radius 3 is 2.46 bits per heavy atom. The quantitative estimate of drug-likeness (QED) is 0.634. The number of hydrogen-bond donors (Lipinski definition) is 1. The molecule has 1 N–H and O–H groups in total. The van der Waals surface area contributed by atoms with Crippen LogP contribution in [0.15, 0.2) is 38.3 Å². The lowest BCUT2D eigenvalue weighted by Crippen LogP contribution is -2.41. The van der Waals surface area contributed by atoms with Crippen LogP contribution in [0.25, 0.3) is 10.2 Å². The van der Waals surface area contributed by atoms with Crippen LogP contribution in [0, 0.1) is 5.82 Å². The molecule has 0 saturated heterocycles. The largest absolute Gasteiger partial charge is 0.480 e. The van der Waals surface area contributed by atoms with Crippen molar-refractivity contribution in [2.45, 2.75) is 39.3 Å². The minimum atomic E-state index is -1.20. The van der Waals surface area contributed by atoms with E-state index in [1.54, 1.807) is 12.1 Å². The van der Waals surface area contributed by atoms with Gasteiger partial charge < -0.3 is 5.11 Å². The third-order valence-electron chi connectivity index (χ3n) is 4.27. The van der Waals surface area contributed by atoms with Gasteiger partial charge in [0.15, 0.2) is 0 Å². The second-order valence-corrected chi connectivity index (χ2v) is 9.42. The fourth-order valence-electron chi connectivity index (χ4n) is 2.80. The summed E-state index contributed by atoms with van der Waals surface area (Å²) in [6.07, 6.45) is 0. The molecular weight excluding hydrogens is 451 g/mol. The minimum absolute atomic E-state index is 0.162. The van der Waals surface area contributed by atoms with Gasteiger partial charge in [0, 0.05) is 14.9 Å². The van der Waals surface area contributed by atoms with Crippen LogP contribution in [0.3, 0.4) is 0 Å². The average Bonchev–Trinajstić information content (AvgIpc) is 3.03. The highest BCUT2D eigenvalue weighted by Gasteiger charge is 2.23. The highest BCUT2D eigenvalue weighted by molar-refractivity contribution is 9.10. The summed E-state index contributed by atoms with van der Waals surface area (Å²) in [5.41, 5.74) is -1.45. The van der Waals surface area contributed by atoms with Crippen LogP contribution >= 0.6 is 27.3 Å². The van der Waals surface area contributed by atoms with Gasteiger partial charge >= 0.3 is 11.7 Å². The molecule has 28 heavy (non-hydrogen) atoms. The molecule has 0 aliphatic rings. The summed E-state index contributed by atoms with van der Waals surface area (Å²) in [6.45, 7) is 5.03. The molecule has 1 aromatic carbocycles. The highest BCUT2D eigenvalue weighted by atomic mass is 79.9. The maximum atomic E-state index is 14.2. The van der Waals surface area contributed by atoms with Gasteiger partial charge in [0.1, 0.15) is 17.2 Å². The first-order chi connectivity index (χ1) is 13.0. The number of rotatable bonds is 4. The second kappa shape index (κ2) is 7.29. The fourth-order valence-corrected chi connectivity index (χ4v) is 4.34. The van der Waals surface area contributed by atoms with E-state index in [-0.39, 0.29) is 22.9 Å². The molecule has 0 aliphatic heterocycles. The molecule has 0 radical (unpaired) electrons. The van der Waals surface area contributed by atoms with Gasteiger partial charge in [-0.25, -0.2) is 9.18 Å². The number of halogens is 2. The van der Waals surface area contributed by atoms with Crippen molar-refractivity contribution in [1.82, 2.24) is 9.13 Å². The molecule has 3 rings (SSSR count). The van der Waals surface area contributed by atoms with E-state index in [2.05, 4.69) is 15.9 Å². The van der Waals surface area contributed by atoms with Gasteiger partial charge in [0.2, 0.25) is 0 Å². The van der Waals surface area contributed by atoms with Crippen molar-refractivity contribution in [3.8, 4) is 0 Å². The normalized spacial score (nSPS) is 11.9. The summed E-state index contributed by atoms with van der Waals surface area (Å²) in [6, 6.07) is 6.02. The van der Waals surface area contributed by atoms with E-state index in [9.17, 15) is 23.9 Å². The first-order valence-electron chi connectivity index (χ1n) is 8.42. The number of benzene rings is 1. The molecule has 148 valence electrons. The predicted octanol–water partition coefficient (Wildman–Crippen LogP) is 3.56. The van der Waals surface area contributed by atoms with Crippen molar-refractivity contribution in [1.29, 1.82) is 0 Å². The number of carboxylic acid groups (broad SMARTS) is 1. The number of carbonyl (C=O) groups is 1. The average molecular weight is 469 g/mol. The Morgan fingerprint density at radius 2 is 1.89 bits per heavy atom. The first kappa shape index (κ1) is 20.5. The van der Waals surface area contributed by atoms with E-state index in [0.29, 0.717) is 9.30 Å². The standard InChI is InChI=1S/C19H18BrFN2O4S/c1-19(2,3)14-7-12-16(26)22(8-10-4-5-11(20)6-13(10)21)18(27)23(9-15(24)25)17(12)28-14/h4-7H,8-9H2,1-3H3,(H,24,25). The molecule has 0 atom stereocenters. The molecule has 0 amide bonds. The van der Waals surface area contributed by atoms with Crippen molar-refractivity contribution in [2.24, 2.45) is 0 Å². The predicted molar refractivity (Wildman–Crippen MR) is 110 cm³/mol. The van der Waals surface area contributed by atoms with E-state index < -0.39 is 29.6 Å². The molecule has 2 aromatic heterocycles. The van der Waals surface area contributed by atoms with E-state index >= 15 is 0 Å². The number of aliphatic carboxylic acids is 1. The van der Waals surface area contributed by atoms with Crippen LogP contribution in [0.4, 0.5) is 4.39 Å². The SMILES string of the molecule is CC(C)(C)c1cc2c(=O)n(Cc3ccc(Br)cc3F)c(=O)n(CC(=O)O)c2s1. The Balaban J connectivity index is 2.29. The van der Waals surface area contributed by atoms with E-state index in [4.69, 9.17) is 0 Å². The number of fused-ring (bicyclic) bond motifs is 1. The van der Waals surface area contributed by atoms with Gasteiger partial charge in [-0.3, -0.25) is 18.7 Å². The zero-order valence-electron chi connectivity index (χ0n) is 15.5. The number of hydrogen-bond acceptors (Lipinski definition) is 4. The van der Waals surface area contributed by atoms with Gasteiger partial charge in [-0.05, 0) is 23.6 Å². The number of nitrogens with zero attached hydrogens (tertiary/aromatic N) is 2. The van der Waals surface area contributed by atoms with E-state index in [0.717, 1.165) is 14.0 Å². The molecule has 0 unspecified atom stereocenters. The van der Waals surface area contributed by atoms with Crippen molar-refractivity contribution in [3.63, 3.8) is 0 Å². The van der Waals surface area contributed by atoms with Gasteiger partial charge in [0.25, 0.3) is 5.56 Å². The lowest BCUT2D eigenvalue weighted by Gasteiger charge is -2.14. The smallest absolute Gasteiger partial charge is 0.332 e. The molecular formula is C19H18BrFN2O4S. The molecule has 0 saturated carbocycles. The molecule has 3 aromatic rings. The molecule has 2 heterocycles. The van der Waals surface area contributed by atoms with Crippen LogP contribution in [0.1, 0.15) is 31.2 Å². The summed E-state index contributed by atoms with van der Waals surface area (Å²) < 4.78 is 16.7. The zero-order valence-corrected chi connectivity index (χ0v) is 17.9. The zero-order chi connectivity index (χ0) is 20.8. The molecule has 0 aliphatic carbocycles. The summed E-state index contributed by atoms with van der Waals surface area (Å²) in [7, 11) is 0. The summed E-state index contributed by atoms with van der Waals surface area (Å²) in [5.74, 6) is -1.76. The summed E-state index contributed by atoms with van der Waals surface area (Å²) in [4.78, 5) is 38.4. The topological polar surface area (TPSA) is 81.3 Å². The van der Waals surface area contributed by atoms with Crippen LogP contribution in [0.2, 0.25) is 0 Å². The van der Waals surface area contributed by atoms with Crippen molar-refractivity contribution in [2.75, 3.05) is 0 Å². The van der Waals surface area contributed by atoms with Crippen LogP contribution in [-0.2, 0) is 23.3 Å². The van der Waals surface area contributed by atoms with Crippen LogP contribution in [-0.4, -0.2) is 20.2 Å². The Bertz CT molecular complexity index is 1200. The highest BCUT2D eigenvalue weighted by Crippen LogP contribution is 2.32. The molecule has 0 bridgehead atoms. The van der Waals surface area contributed by atoms with Crippen LogP contribution in [0.5, 0.6) is 0 Å². The third kappa shape index (κ3) is 3.81. The van der Waals surface area contributed by atoms with E-state index in [1.165, 1.54) is 23.5 Å². The van der Waals surface area contributed by atoms with Gasteiger partial charge in [0.05, 0.1) is 11.9 Å². The second-order valence-electron chi connectivity index (χ2n) is 7.47. The van der Waals surface area contributed by atoms with Crippen molar-refractivity contribution in [3.05, 3.63) is 65.8 Å². The lowest BCUT2D eigenvalue weighted by atomic mass is 9.94. The Labute approximate surface area is 172 Å². The third-order valence-corrected chi connectivity index (χ3v) is 6.35. The number of aromatic nitrogens is 2. The number of carboxylic acids is 1. The van der Waals surface area contributed by atoms with Crippen molar-refractivity contribution >= 4 is 43.5 Å². The molecule has 0 spiro atoms. The monoisotopic (exact) mass is 468 g/mol. The molecule has 9 heteroatoms. The number of thiophene rings is 1. The minimum Gasteiger partial charge on any atom is -0.480 e. The molecule has 6 nitrogen and oxygen atoms in total. The summed E-state index contributed by atoms with van der Waals surface area (Å²) in [5, 5.41) is 9.49. The summed E-state index contributed by atoms with van der Waals surface area (Å²) >= 11 is 4.39. The van der Waals surface area contributed by atoms with Gasteiger partial charge in [-0.1, -0.05) is 42.8 Å².